The Kier molecular flexibility index (Phi) is 90.7. The van der Waals surface area contributed by atoms with Crippen molar-refractivity contribution in [1.82, 2.24) is 0 Å². The van der Waals surface area contributed by atoms with Crippen molar-refractivity contribution in [3.63, 3.8) is 0 Å². The van der Waals surface area contributed by atoms with Gasteiger partial charge in [-0.3, -0.25) is 0 Å². The van der Waals surface area contributed by atoms with Gasteiger partial charge >= 0.3 is 0 Å². The Balaban J connectivity index is 0.000000343. The van der Waals surface area contributed by atoms with E-state index in [1.807, 2.05) is 12.1 Å². The van der Waals surface area contributed by atoms with E-state index in [1.54, 1.807) is 42.5 Å². The van der Waals surface area contributed by atoms with Crippen LogP contribution in [0.4, 0.5) is 0 Å². The fourth-order valence-corrected chi connectivity index (χ4v) is 11.4. The van der Waals surface area contributed by atoms with Gasteiger partial charge in [-0.25, -0.2) is 0 Å². The first-order valence-corrected chi connectivity index (χ1v) is 48.5. The van der Waals surface area contributed by atoms with E-state index in [-0.39, 0.29) is 70.7 Å². The first-order chi connectivity index (χ1) is 69.4. The highest BCUT2D eigenvalue weighted by Crippen LogP contribution is 2.31. The van der Waals surface area contributed by atoms with Crippen molar-refractivity contribution in [2.45, 2.75) is 44.2 Å². The Morgan fingerprint density at radius 3 is 0.400 bits per heavy atom. The number of aliphatic hydroxyl groups excluding tert-OH is 7. The summed E-state index contributed by atoms with van der Waals surface area (Å²) in [6.07, 6.45) is -1.21. The fraction of sp³-hybridized carbons (Fsp3) is 0.811. The van der Waals surface area contributed by atoms with Crippen LogP contribution >= 0.6 is 0 Å². The van der Waals surface area contributed by atoms with Crippen LogP contribution in [0.25, 0.3) is 0 Å². The molecule has 4 unspecified atom stereocenters. The largest absolute Gasteiger partial charge is 0.487 e. The third kappa shape index (κ3) is 77.3. The van der Waals surface area contributed by atoms with Gasteiger partial charge in [0, 0.05) is 0 Å². The van der Waals surface area contributed by atoms with Crippen LogP contribution in [-0.4, -0.2) is 523 Å². The van der Waals surface area contributed by atoms with Crippen LogP contribution < -0.4 is 28.4 Å². The lowest BCUT2D eigenvalue weighted by atomic mass is 10.2. The Hall–Kier alpha value is -5.10. The Morgan fingerprint density at radius 2 is 0.264 bits per heavy atom. The molecule has 0 bridgehead atoms. The minimum absolute atomic E-state index is 0.0176. The van der Waals surface area contributed by atoms with Gasteiger partial charge in [0.2, 0.25) is 0 Å². The van der Waals surface area contributed by atoms with Crippen molar-refractivity contribution in [2.75, 3.05) is 462 Å². The van der Waals surface area contributed by atoms with Gasteiger partial charge in [0.25, 0.3) is 0 Å². The van der Waals surface area contributed by atoms with Gasteiger partial charge < -0.3 is 216 Å². The van der Waals surface area contributed by atoms with Gasteiger partial charge in [-0.15, -0.1) is 0 Å². The third-order valence-electron chi connectivity index (χ3n) is 18.7. The highest BCUT2D eigenvalue weighted by Gasteiger charge is 2.17. The molecule has 3 aromatic carbocycles. The molecule has 4 fully saturated rings. The van der Waals surface area contributed by atoms with Crippen LogP contribution in [0.3, 0.4) is 0 Å². The minimum atomic E-state index is -0.343. The molecule has 816 valence electrons. The lowest BCUT2D eigenvalue weighted by Gasteiger charge is -2.17. The van der Waals surface area contributed by atoms with Gasteiger partial charge in [0.05, 0.1) is 443 Å². The summed E-state index contributed by atoms with van der Waals surface area (Å²) in [6.45, 7) is 32.5. The summed E-state index contributed by atoms with van der Waals surface area (Å²) in [5, 5.41) is 63.9. The monoisotopic (exact) mass is 2030 g/mol. The van der Waals surface area contributed by atoms with E-state index < -0.39 is 0 Å². The summed E-state index contributed by atoms with van der Waals surface area (Å²) in [7, 11) is 0. The second-order valence-corrected chi connectivity index (χ2v) is 29.6. The van der Waals surface area contributed by atoms with Crippen molar-refractivity contribution < 1.29 is 216 Å². The lowest BCUT2D eigenvalue weighted by molar-refractivity contribution is -0.0803. The standard InChI is InChI=1S/C19H30O8.C15H30O8.C15H22O6.C13H26O7.C13H18O5.C11H22O6.C9H18O5/c20-16-17-1-2-18-19(15-17)27-14-12-25-10-8-23-6-4-21-3-5-22-7-9-24-11-13-26-18;16-13-15-14-22-10-9-20-6-5-18-2-1-17-3-4-19-7-8-21-11-12-23-15;16-12-13-1-2-14-15(11-13)21-10-8-19-6-4-17-3-5-18-7-9-20-14;14-11-13-12-19-8-7-17-4-3-15-1-2-16-5-6-18-9-10-20-13;14-10-11-1-2-12-13(9-11)18-8-6-16-4-3-15-5-7-17-12;12-9-11-10-16-6-5-14-2-1-13-3-4-15-7-8-17-11;10-7-9-8-13-4-3-11-1-2-12-5-6-14-9/h1-2,15,20H,3-14,16H2;15-16H,1-14H2;1-2,11,16H,3-10,12H2;13-14H,1-12H2;1-2,9,14H,3-8,10H2;11-12H,1-10H2;9-10H,1-8H2. The van der Waals surface area contributed by atoms with Gasteiger partial charge in [-0.1, -0.05) is 18.2 Å². The average molecular weight is 2030 g/mol. The summed E-state index contributed by atoms with van der Waals surface area (Å²) < 4.78 is 205. The molecule has 0 saturated carbocycles. The maximum Gasteiger partial charge on any atom is 0.161 e. The molecule has 10 rings (SSSR count). The van der Waals surface area contributed by atoms with E-state index in [2.05, 4.69) is 0 Å². The average Bonchev–Trinajstić information content (AvgIpc) is 0.878. The van der Waals surface area contributed by atoms with Crippen molar-refractivity contribution >= 4 is 0 Å². The summed E-state index contributed by atoms with van der Waals surface area (Å²) in [4.78, 5) is 0. The molecule has 0 aromatic heterocycles. The maximum atomic E-state index is 9.31. The smallest absolute Gasteiger partial charge is 0.161 e. The van der Waals surface area contributed by atoms with Crippen molar-refractivity contribution in [2.24, 2.45) is 0 Å². The van der Waals surface area contributed by atoms with Crippen LogP contribution in [0.2, 0.25) is 0 Å². The molecule has 7 aliphatic heterocycles. The number of aliphatic hydroxyl groups is 7. The summed E-state index contributed by atoms with van der Waals surface area (Å²) in [6, 6.07) is 16.1. The zero-order valence-electron chi connectivity index (χ0n) is 82.3. The summed E-state index contributed by atoms with van der Waals surface area (Å²) >= 11 is 0. The van der Waals surface area contributed by atoms with Gasteiger partial charge in [0.1, 0.15) is 64.1 Å². The van der Waals surface area contributed by atoms with Crippen LogP contribution in [0.5, 0.6) is 34.5 Å². The highest BCUT2D eigenvalue weighted by molar-refractivity contribution is 5.44. The fourth-order valence-electron chi connectivity index (χ4n) is 11.4. The minimum Gasteiger partial charge on any atom is -0.487 e. The second-order valence-electron chi connectivity index (χ2n) is 29.6. The zero-order valence-corrected chi connectivity index (χ0v) is 82.3. The molecule has 4 atom stereocenters. The predicted octanol–water partition coefficient (Wildman–Crippen LogP) is 0.825. The first-order valence-electron chi connectivity index (χ1n) is 48.5. The van der Waals surface area contributed by atoms with Crippen LogP contribution in [0, 0.1) is 0 Å². The van der Waals surface area contributed by atoms with E-state index in [0.717, 1.165) is 16.7 Å². The molecular formula is C95H166O45. The molecule has 0 amide bonds. The molecule has 3 aromatic rings. The van der Waals surface area contributed by atoms with Crippen LogP contribution in [0.15, 0.2) is 54.6 Å². The molecular weight excluding hydrogens is 1860 g/mol. The Morgan fingerprint density at radius 1 is 0.143 bits per heavy atom. The predicted molar refractivity (Wildman–Crippen MR) is 500 cm³/mol. The molecule has 7 heterocycles. The molecule has 7 N–H and O–H groups in total. The second kappa shape index (κ2) is 99.9. The highest BCUT2D eigenvalue weighted by atomic mass is 16.7. The molecule has 0 aliphatic carbocycles. The van der Waals surface area contributed by atoms with E-state index in [0.29, 0.717) is 471 Å². The van der Waals surface area contributed by atoms with E-state index in [9.17, 15) is 15.3 Å². The van der Waals surface area contributed by atoms with Crippen LogP contribution in [-0.2, 0) is 171 Å². The molecule has 0 radical (unpaired) electrons. The lowest BCUT2D eigenvalue weighted by Crippen LogP contribution is -2.27. The molecule has 4 saturated heterocycles. The topological polar surface area (TPSA) is 492 Å². The molecule has 45 nitrogen and oxygen atoms in total. The first kappa shape index (κ1) is 127. The van der Waals surface area contributed by atoms with Gasteiger partial charge in [-0.05, 0) is 53.1 Å². The summed E-state index contributed by atoms with van der Waals surface area (Å²) in [5.74, 6) is 3.73. The molecule has 45 heteroatoms. The number of benzene rings is 3. The van der Waals surface area contributed by atoms with E-state index in [4.69, 9.17) is 200 Å². The van der Waals surface area contributed by atoms with E-state index in [1.165, 1.54) is 0 Å². The molecule has 7 aliphatic rings. The van der Waals surface area contributed by atoms with E-state index >= 15 is 0 Å². The number of hydrogen-bond donors (Lipinski definition) is 7. The van der Waals surface area contributed by atoms with Crippen molar-refractivity contribution in [3.8, 4) is 34.5 Å². The normalized spacial score (nSPS) is 23.0. The SMILES string of the molecule is OCC1COCCOCCOCCO1.OCC1COCCOCCOCCOCCO1.OCC1COCCOCCOCCOCCOCCO1.OCC1COCCOCCOCCOCCOCCOCCO1.OCc1ccc2c(c1)OCCOCCOCCO2.OCc1ccc2c(c1)OCCOCCOCCOCCO2.OCc1ccc2c(c1)OCCOCCOCCOCCOCCOCCO2. The number of fused-ring (bicyclic) bond motifs is 3. The van der Waals surface area contributed by atoms with Crippen molar-refractivity contribution in [1.29, 1.82) is 0 Å². The van der Waals surface area contributed by atoms with Crippen molar-refractivity contribution in [3.05, 3.63) is 71.3 Å². The molecule has 0 spiro atoms. The zero-order chi connectivity index (χ0) is 99.4. The van der Waals surface area contributed by atoms with Gasteiger partial charge in [-0.2, -0.15) is 0 Å². The number of ether oxygens (including phenoxy) is 38. The maximum absolute atomic E-state index is 9.31. The quantitative estimate of drug-likeness (QED) is 0.172. The summed E-state index contributed by atoms with van der Waals surface area (Å²) in [5.41, 5.74) is 2.33. The molecule has 140 heavy (non-hydrogen) atoms. The Bertz CT molecular complexity index is 3010. The Labute approximate surface area is 825 Å². The number of rotatable bonds is 7. The third-order valence-corrected chi connectivity index (χ3v) is 18.7. The van der Waals surface area contributed by atoms with Crippen LogP contribution in [0.1, 0.15) is 16.7 Å². The van der Waals surface area contributed by atoms with Gasteiger partial charge in [0.15, 0.2) is 34.5 Å². The number of hydrogen-bond acceptors (Lipinski definition) is 45.